The van der Waals surface area contributed by atoms with Crippen LogP contribution >= 0.6 is 0 Å². The number of carbonyl (C=O) groups excluding carboxylic acids is 2. The van der Waals surface area contributed by atoms with Gasteiger partial charge in [-0.1, -0.05) is 13.8 Å². The molecule has 1 aliphatic carbocycles. The maximum Gasteiger partial charge on any atom is 0.340 e. The molecule has 0 aromatic heterocycles. The van der Waals surface area contributed by atoms with Crippen molar-refractivity contribution in [3.8, 4) is 5.75 Å². The van der Waals surface area contributed by atoms with Crippen molar-refractivity contribution in [2.75, 3.05) is 36.0 Å². The highest BCUT2D eigenvalue weighted by atomic mass is 16.6. The van der Waals surface area contributed by atoms with E-state index in [1.54, 1.807) is 12.1 Å². The lowest BCUT2D eigenvalue weighted by Crippen LogP contribution is -2.46. The summed E-state index contributed by atoms with van der Waals surface area (Å²) >= 11 is 0. The van der Waals surface area contributed by atoms with E-state index in [9.17, 15) is 9.59 Å². The van der Waals surface area contributed by atoms with Crippen molar-refractivity contribution in [2.45, 2.75) is 76.2 Å². The van der Waals surface area contributed by atoms with Crippen LogP contribution in [0.1, 0.15) is 100.0 Å². The molecular weight excluding hydrogens is 524 g/mol. The lowest BCUT2D eigenvalue weighted by molar-refractivity contribution is -0.120. The zero-order chi connectivity index (χ0) is 28.4. The topological polar surface area (TPSA) is 59.1 Å². The van der Waals surface area contributed by atoms with E-state index in [0.29, 0.717) is 17.8 Å². The number of esters is 1. The van der Waals surface area contributed by atoms with Gasteiger partial charge in [-0.25, -0.2) is 4.79 Å². The Morgan fingerprint density at radius 1 is 0.762 bits per heavy atom. The maximum absolute atomic E-state index is 13.9. The van der Waals surface area contributed by atoms with Crippen molar-refractivity contribution in [3.63, 3.8) is 0 Å². The standard InChI is InChI=1S/C36H36N2O4/c1-35(2)30-25-9-5-15-37-13-3-7-21(32(25)37)17-28(30)36(27-19-23(41-20-39)11-12-24(27)34(40)42-36)29-18-22-8-4-14-38-16-6-10-26(31(29)35)33(22)38/h11-12,17-20H,3-10,13-16H2,1-2H3. The Balaban J connectivity index is 1.45. The minimum Gasteiger partial charge on any atom is -0.441 e. The number of aryl methyl sites for hydroxylation is 2. The maximum atomic E-state index is 13.9. The van der Waals surface area contributed by atoms with Gasteiger partial charge in [0.15, 0.2) is 5.60 Å². The molecule has 0 radical (unpaired) electrons. The Bertz CT molecular complexity index is 1650. The molecule has 0 N–H and O–H groups in total. The van der Waals surface area contributed by atoms with Crippen LogP contribution in [-0.2, 0) is 46.2 Å². The average molecular weight is 561 g/mol. The minimum atomic E-state index is -1.08. The number of carbonyl (C=O) groups is 2. The molecule has 5 heterocycles. The summed E-state index contributed by atoms with van der Waals surface area (Å²) in [6, 6.07) is 10.1. The van der Waals surface area contributed by atoms with E-state index in [1.807, 2.05) is 6.07 Å². The molecule has 6 nitrogen and oxygen atoms in total. The predicted octanol–water partition coefficient (Wildman–Crippen LogP) is 5.72. The van der Waals surface area contributed by atoms with Crippen LogP contribution in [0.4, 0.5) is 11.4 Å². The third-order valence-electron chi connectivity index (χ3n) is 11.1. The van der Waals surface area contributed by atoms with E-state index in [0.717, 1.165) is 94.2 Å². The number of benzene rings is 3. The van der Waals surface area contributed by atoms with Crippen LogP contribution in [0, 0.1) is 0 Å². The number of ether oxygens (including phenoxy) is 2. The quantitative estimate of drug-likeness (QED) is 0.295. The lowest BCUT2D eigenvalue weighted by Gasteiger charge is -2.51. The van der Waals surface area contributed by atoms with Crippen molar-refractivity contribution in [3.05, 3.63) is 86.0 Å². The molecule has 0 amide bonds. The summed E-state index contributed by atoms with van der Waals surface area (Å²) in [5.74, 6) is 0.130. The van der Waals surface area contributed by atoms with Crippen molar-refractivity contribution in [1.29, 1.82) is 0 Å². The molecule has 0 unspecified atom stereocenters. The smallest absolute Gasteiger partial charge is 0.340 e. The summed E-state index contributed by atoms with van der Waals surface area (Å²) < 4.78 is 12.2. The number of hydrogen-bond donors (Lipinski definition) is 0. The predicted molar refractivity (Wildman–Crippen MR) is 161 cm³/mol. The minimum absolute atomic E-state index is 0.266. The fraction of sp³-hybridized carbons (Fsp3) is 0.444. The second-order valence-electron chi connectivity index (χ2n) is 13.6. The highest BCUT2D eigenvalue weighted by Crippen LogP contribution is 2.62. The van der Waals surface area contributed by atoms with Gasteiger partial charge in [0.25, 0.3) is 6.47 Å². The zero-order valence-electron chi connectivity index (χ0n) is 24.5. The summed E-state index contributed by atoms with van der Waals surface area (Å²) in [4.78, 5) is 30.5. The highest BCUT2D eigenvalue weighted by molar-refractivity contribution is 5.98. The van der Waals surface area contributed by atoms with Gasteiger partial charge in [0, 0.05) is 59.7 Å². The van der Waals surface area contributed by atoms with E-state index < -0.39 is 5.60 Å². The van der Waals surface area contributed by atoms with E-state index >= 15 is 0 Å². The molecule has 6 heteroatoms. The molecule has 5 aliphatic heterocycles. The number of anilines is 2. The van der Waals surface area contributed by atoms with Crippen LogP contribution in [0.25, 0.3) is 0 Å². The SMILES string of the molecule is CC1(C)c2c(cc3c4c2CCCN4CCC3)C2(OC(=O)c3ccc(OC=O)cc32)c2cc3c4c(c21)CCCN4CCC3. The first-order chi connectivity index (χ1) is 20.4. The normalized spacial score (nSPS) is 21.5. The average Bonchev–Trinajstić information content (AvgIpc) is 3.29. The molecule has 3 aromatic rings. The summed E-state index contributed by atoms with van der Waals surface area (Å²) in [5.41, 5.74) is 13.5. The van der Waals surface area contributed by atoms with Crippen LogP contribution in [0.3, 0.4) is 0 Å². The van der Waals surface area contributed by atoms with Crippen molar-refractivity contribution in [1.82, 2.24) is 0 Å². The Kier molecular flexibility index (Phi) is 4.95. The van der Waals surface area contributed by atoms with Crippen molar-refractivity contribution >= 4 is 23.8 Å². The van der Waals surface area contributed by atoms with E-state index in [1.165, 1.54) is 44.8 Å². The molecule has 1 spiro atoms. The van der Waals surface area contributed by atoms with Gasteiger partial charge in [0.1, 0.15) is 5.75 Å². The second kappa shape index (κ2) is 8.40. The fourth-order valence-electron chi connectivity index (χ4n) is 9.74. The molecule has 214 valence electrons. The highest BCUT2D eigenvalue weighted by Gasteiger charge is 2.58. The molecule has 6 aliphatic rings. The second-order valence-corrected chi connectivity index (χ2v) is 13.6. The molecule has 0 atom stereocenters. The van der Waals surface area contributed by atoms with Gasteiger partial charge in [-0.3, -0.25) is 4.79 Å². The Morgan fingerprint density at radius 2 is 1.31 bits per heavy atom. The monoisotopic (exact) mass is 560 g/mol. The van der Waals surface area contributed by atoms with Crippen LogP contribution in [0.5, 0.6) is 5.75 Å². The Morgan fingerprint density at radius 3 is 1.86 bits per heavy atom. The van der Waals surface area contributed by atoms with Gasteiger partial charge in [-0.2, -0.15) is 0 Å². The van der Waals surface area contributed by atoms with Gasteiger partial charge < -0.3 is 19.3 Å². The Hall–Kier alpha value is -3.80. The Labute approximate surface area is 246 Å². The van der Waals surface area contributed by atoms with Crippen LogP contribution in [-0.4, -0.2) is 38.6 Å². The largest absolute Gasteiger partial charge is 0.441 e. The first-order valence-electron chi connectivity index (χ1n) is 15.8. The molecular formula is C36H36N2O4. The summed E-state index contributed by atoms with van der Waals surface area (Å²) in [6.07, 6.45) is 8.70. The first-order valence-corrected chi connectivity index (χ1v) is 15.8. The summed E-state index contributed by atoms with van der Waals surface area (Å²) in [7, 11) is 0. The van der Waals surface area contributed by atoms with Crippen LogP contribution in [0.2, 0.25) is 0 Å². The molecule has 0 saturated heterocycles. The molecule has 9 rings (SSSR count). The van der Waals surface area contributed by atoms with Gasteiger partial charge in [-0.05, 0) is 115 Å². The van der Waals surface area contributed by atoms with E-state index in [-0.39, 0.29) is 11.4 Å². The van der Waals surface area contributed by atoms with E-state index in [4.69, 9.17) is 9.47 Å². The molecule has 3 aromatic carbocycles. The van der Waals surface area contributed by atoms with Crippen molar-refractivity contribution < 1.29 is 19.1 Å². The summed E-state index contributed by atoms with van der Waals surface area (Å²) in [6.45, 7) is 9.73. The number of hydrogen-bond acceptors (Lipinski definition) is 6. The molecule has 0 saturated carbocycles. The van der Waals surface area contributed by atoms with Crippen molar-refractivity contribution in [2.24, 2.45) is 0 Å². The van der Waals surface area contributed by atoms with Crippen LogP contribution in [0.15, 0.2) is 30.3 Å². The number of nitrogens with zero attached hydrogens (tertiary/aromatic N) is 2. The van der Waals surface area contributed by atoms with Gasteiger partial charge in [0.05, 0.1) is 5.56 Å². The zero-order valence-corrected chi connectivity index (χ0v) is 24.5. The number of fused-ring (bicyclic) bond motifs is 8. The first kappa shape index (κ1) is 24.8. The number of rotatable bonds is 2. The van der Waals surface area contributed by atoms with Gasteiger partial charge in [-0.15, -0.1) is 0 Å². The molecule has 0 fully saturated rings. The fourth-order valence-corrected chi connectivity index (χ4v) is 9.74. The molecule has 42 heavy (non-hydrogen) atoms. The third kappa shape index (κ3) is 2.96. The van der Waals surface area contributed by atoms with E-state index in [2.05, 4.69) is 35.8 Å². The third-order valence-corrected chi connectivity index (χ3v) is 11.1. The van der Waals surface area contributed by atoms with Crippen LogP contribution < -0.4 is 14.5 Å². The van der Waals surface area contributed by atoms with Gasteiger partial charge in [0.2, 0.25) is 0 Å². The lowest BCUT2D eigenvalue weighted by atomic mass is 9.57. The molecule has 0 bridgehead atoms. The summed E-state index contributed by atoms with van der Waals surface area (Å²) in [5, 5.41) is 0. The van der Waals surface area contributed by atoms with Gasteiger partial charge >= 0.3 is 5.97 Å².